The molecule has 1 amide bonds. The number of hydrogen-bond donors (Lipinski definition) is 2. The summed E-state index contributed by atoms with van der Waals surface area (Å²) in [6.45, 7) is 0.398. The Kier molecular flexibility index (Phi) is 6.77. The van der Waals surface area contributed by atoms with Crippen LogP contribution in [0, 0.1) is 0 Å². The van der Waals surface area contributed by atoms with Crippen molar-refractivity contribution in [3.05, 3.63) is 106 Å². The van der Waals surface area contributed by atoms with Gasteiger partial charge in [0.05, 0.1) is 5.52 Å². The van der Waals surface area contributed by atoms with Gasteiger partial charge in [-0.3, -0.25) is 9.59 Å². The van der Waals surface area contributed by atoms with Crippen molar-refractivity contribution in [2.75, 3.05) is 0 Å². The van der Waals surface area contributed by atoms with Gasteiger partial charge in [0.1, 0.15) is 17.1 Å². The van der Waals surface area contributed by atoms with Gasteiger partial charge in [-0.15, -0.1) is 13.2 Å². The normalized spacial score (nSPS) is 11.4. The predicted molar refractivity (Wildman–Crippen MR) is 124 cm³/mol. The standard InChI is InChI=1S/C26H21F3N2O4/c27-26(28,29)35-21-11-7-17(8-12-21)13-14-31-23-4-2-1-3-19(23)15-22(25(31)34)24(33)30-16-18-5-9-20(32)10-6-18/h1-12,15,32H,13-14,16H2,(H,30,33). The van der Waals surface area contributed by atoms with Crippen LogP contribution < -0.4 is 15.6 Å². The maximum Gasteiger partial charge on any atom is 0.573 e. The highest BCUT2D eigenvalue weighted by atomic mass is 19.4. The molecule has 4 aromatic rings. The number of benzene rings is 3. The average molecular weight is 482 g/mol. The second-order valence-electron chi connectivity index (χ2n) is 7.86. The molecule has 180 valence electrons. The monoisotopic (exact) mass is 482 g/mol. The largest absolute Gasteiger partial charge is 0.573 e. The van der Waals surface area contributed by atoms with Crippen LogP contribution in [0.15, 0.2) is 83.7 Å². The van der Waals surface area contributed by atoms with Crippen LogP contribution in [-0.4, -0.2) is 21.9 Å². The lowest BCUT2D eigenvalue weighted by atomic mass is 10.1. The van der Waals surface area contributed by atoms with Gasteiger partial charge in [-0.25, -0.2) is 0 Å². The van der Waals surface area contributed by atoms with Crippen LogP contribution in [0.2, 0.25) is 0 Å². The number of para-hydroxylation sites is 1. The van der Waals surface area contributed by atoms with Crippen LogP contribution in [0.5, 0.6) is 11.5 Å². The number of carbonyl (C=O) groups excluding carboxylic acids is 1. The van der Waals surface area contributed by atoms with Crippen LogP contribution in [-0.2, 0) is 19.5 Å². The highest BCUT2D eigenvalue weighted by Crippen LogP contribution is 2.23. The number of halogens is 3. The average Bonchev–Trinajstić information content (AvgIpc) is 2.82. The zero-order chi connectivity index (χ0) is 25.0. The molecule has 0 atom stereocenters. The third kappa shape index (κ3) is 6.00. The number of carbonyl (C=O) groups is 1. The molecule has 0 spiro atoms. The first-order chi connectivity index (χ1) is 16.7. The van der Waals surface area contributed by atoms with E-state index < -0.39 is 17.8 Å². The lowest BCUT2D eigenvalue weighted by molar-refractivity contribution is -0.274. The second-order valence-corrected chi connectivity index (χ2v) is 7.86. The van der Waals surface area contributed by atoms with Gasteiger partial charge < -0.3 is 19.7 Å². The lowest BCUT2D eigenvalue weighted by Crippen LogP contribution is -2.33. The highest BCUT2D eigenvalue weighted by molar-refractivity contribution is 5.97. The fraction of sp³-hybridized carbons (Fsp3) is 0.154. The molecule has 1 aromatic heterocycles. The van der Waals surface area contributed by atoms with Crippen LogP contribution in [0.25, 0.3) is 10.9 Å². The van der Waals surface area contributed by atoms with Crippen molar-refractivity contribution >= 4 is 16.8 Å². The van der Waals surface area contributed by atoms with Gasteiger partial charge in [-0.05, 0) is 59.3 Å². The van der Waals surface area contributed by atoms with Crippen molar-refractivity contribution in [2.24, 2.45) is 0 Å². The minimum absolute atomic E-state index is 0.0172. The Bertz CT molecular complexity index is 1400. The van der Waals surface area contributed by atoms with Crippen LogP contribution in [0.4, 0.5) is 13.2 Å². The summed E-state index contributed by atoms with van der Waals surface area (Å²) in [5, 5.41) is 12.8. The molecule has 3 aromatic carbocycles. The molecule has 1 heterocycles. The number of nitrogens with zero attached hydrogens (tertiary/aromatic N) is 1. The fourth-order valence-electron chi connectivity index (χ4n) is 3.70. The molecule has 0 saturated carbocycles. The maximum absolute atomic E-state index is 13.2. The van der Waals surface area contributed by atoms with Crippen LogP contribution in [0.1, 0.15) is 21.5 Å². The Morgan fingerprint density at radius 3 is 2.29 bits per heavy atom. The molecule has 0 aliphatic carbocycles. The number of pyridine rings is 1. The molecule has 35 heavy (non-hydrogen) atoms. The van der Waals surface area contributed by atoms with Crippen molar-refractivity contribution in [3.63, 3.8) is 0 Å². The number of aryl methyl sites for hydroxylation is 2. The molecule has 4 rings (SSSR count). The number of hydrogen-bond acceptors (Lipinski definition) is 4. The number of phenolic OH excluding ortho intramolecular Hbond substituents is 1. The van der Waals surface area contributed by atoms with E-state index >= 15 is 0 Å². The van der Waals surface area contributed by atoms with E-state index in [0.29, 0.717) is 22.9 Å². The summed E-state index contributed by atoms with van der Waals surface area (Å²) >= 11 is 0. The molecular formula is C26H21F3N2O4. The minimum Gasteiger partial charge on any atom is -0.508 e. The number of aromatic nitrogens is 1. The number of ether oxygens (including phenoxy) is 1. The van der Waals surface area contributed by atoms with Crippen molar-refractivity contribution < 1.29 is 27.8 Å². The van der Waals surface area contributed by atoms with Gasteiger partial charge in [-0.1, -0.05) is 42.5 Å². The zero-order valence-corrected chi connectivity index (χ0v) is 18.4. The van der Waals surface area contributed by atoms with E-state index in [-0.39, 0.29) is 30.2 Å². The van der Waals surface area contributed by atoms with Crippen molar-refractivity contribution in [2.45, 2.75) is 25.9 Å². The quantitative estimate of drug-likeness (QED) is 0.397. The van der Waals surface area contributed by atoms with Crippen molar-refractivity contribution in [1.82, 2.24) is 9.88 Å². The van der Waals surface area contributed by atoms with Gasteiger partial charge in [0.15, 0.2) is 0 Å². The first-order valence-corrected chi connectivity index (χ1v) is 10.7. The molecule has 2 N–H and O–H groups in total. The zero-order valence-electron chi connectivity index (χ0n) is 18.4. The van der Waals surface area contributed by atoms with Gasteiger partial charge >= 0.3 is 6.36 Å². The van der Waals surface area contributed by atoms with Crippen LogP contribution in [0.3, 0.4) is 0 Å². The minimum atomic E-state index is -4.77. The summed E-state index contributed by atoms with van der Waals surface area (Å²) in [7, 11) is 0. The summed E-state index contributed by atoms with van der Waals surface area (Å²) < 4.78 is 42.5. The van der Waals surface area contributed by atoms with Gasteiger partial charge in [0.25, 0.3) is 11.5 Å². The number of aromatic hydroxyl groups is 1. The Morgan fingerprint density at radius 2 is 1.60 bits per heavy atom. The number of amides is 1. The predicted octanol–water partition coefficient (Wildman–Crippen LogP) is 4.78. The van der Waals surface area contributed by atoms with Crippen LogP contribution >= 0.6 is 0 Å². The first-order valence-electron chi connectivity index (χ1n) is 10.7. The summed E-state index contributed by atoms with van der Waals surface area (Å²) in [6.07, 6.45) is -4.41. The van der Waals surface area contributed by atoms with Crippen molar-refractivity contribution in [3.8, 4) is 11.5 Å². The van der Waals surface area contributed by atoms with E-state index in [1.807, 2.05) is 0 Å². The molecule has 0 unspecified atom stereocenters. The van der Waals surface area contributed by atoms with Gasteiger partial charge in [0.2, 0.25) is 0 Å². The molecule has 0 aliphatic rings. The van der Waals surface area contributed by atoms with Gasteiger partial charge in [-0.2, -0.15) is 0 Å². The van der Waals surface area contributed by atoms with E-state index in [1.54, 1.807) is 42.5 Å². The van der Waals surface area contributed by atoms with E-state index in [0.717, 1.165) is 5.56 Å². The second kappa shape index (κ2) is 9.92. The molecule has 0 fully saturated rings. The number of alkyl halides is 3. The first kappa shape index (κ1) is 23.9. The summed E-state index contributed by atoms with van der Waals surface area (Å²) in [4.78, 5) is 26.1. The summed E-state index contributed by atoms with van der Waals surface area (Å²) in [5.74, 6) is -0.743. The number of phenols is 1. The lowest BCUT2D eigenvalue weighted by Gasteiger charge is -2.14. The summed E-state index contributed by atoms with van der Waals surface area (Å²) in [5.41, 5.74) is 1.62. The van der Waals surface area contributed by atoms with E-state index in [9.17, 15) is 27.9 Å². The maximum atomic E-state index is 13.2. The summed E-state index contributed by atoms with van der Waals surface area (Å²) in [6, 6.07) is 20.5. The third-order valence-corrected chi connectivity index (χ3v) is 5.42. The Balaban J connectivity index is 1.55. The molecule has 0 radical (unpaired) electrons. The Hall–Kier alpha value is -4.27. The molecule has 0 bridgehead atoms. The Labute approximate surface area is 198 Å². The SMILES string of the molecule is O=C(NCc1ccc(O)cc1)c1cc2ccccc2n(CCc2ccc(OC(F)(F)F)cc2)c1=O. The highest BCUT2D eigenvalue weighted by Gasteiger charge is 2.30. The van der Waals surface area contributed by atoms with E-state index in [2.05, 4.69) is 10.1 Å². The molecule has 6 nitrogen and oxygen atoms in total. The third-order valence-electron chi connectivity index (χ3n) is 5.42. The topological polar surface area (TPSA) is 80.6 Å². The Morgan fingerprint density at radius 1 is 0.943 bits per heavy atom. The van der Waals surface area contributed by atoms with E-state index in [1.165, 1.54) is 41.0 Å². The molecule has 9 heteroatoms. The molecular weight excluding hydrogens is 461 g/mol. The number of fused-ring (bicyclic) bond motifs is 1. The van der Waals surface area contributed by atoms with Crippen molar-refractivity contribution in [1.29, 1.82) is 0 Å². The molecule has 0 aliphatic heterocycles. The van der Waals surface area contributed by atoms with Gasteiger partial charge in [0, 0.05) is 13.1 Å². The fourth-order valence-corrected chi connectivity index (χ4v) is 3.70. The molecule has 0 saturated heterocycles. The smallest absolute Gasteiger partial charge is 0.508 e. The number of nitrogens with one attached hydrogen (secondary N) is 1. The number of rotatable bonds is 7. The van der Waals surface area contributed by atoms with E-state index in [4.69, 9.17) is 0 Å².